The molecule has 1 unspecified atom stereocenters. The second kappa shape index (κ2) is 6.05. The number of allylic oxidation sites excluding steroid dienone is 1. The molecule has 0 fully saturated rings. The fraction of sp³-hybridized carbons (Fsp3) is 0.273. The lowest BCUT2D eigenvalue weighted by molar-refractivity contribution is 0.874. The van der Waals surface area contributed by atoms with Gasteiger partial charge < -0.3 is 5.73 Å². The summed E-state index contributed by atoms with van der Waals surface area (Å²) in [4.78, 5) is 7.85. The van der Waals surface area contributed by atoms with Crippen molar-refractivity contribution in [2.45, 2.75) is 19.9 Å². The number of rotatable bonds is 5. The van der Waals surface area contributed by atoms with Gasteiger partial charge in [-0.05, 0) is 26.1 Å². The van der Waals surface area contributed by atoms with Crippen LogP contribution in [0, 0.1) is 0 Å². The zero-order valence-corrected chi connectivity index (χ0v) is 8.83. The van der Waals surface area contributed by atoms with Crippen molar-refractivity contribution in [3.8, 4) is 0 Å². The van der Waals surface area contributed by atoms with Crippen LogP contribution in [0.25, 0.3) is 0 Å². The number of hydrogen-bond donors (Lipinski definition) is 1. The van der Waals surface area contributed by atoms with Crippen molar-refractivity contribution in [3.63, 3.8) is 0 Å². The predicted molar refractivity (Wildman–Crippen MR) is 63.7 cm³/mol. The normalized spacial score (nSPS) is 14.8. The first-order valence-corrected chi connectivity index (χ1v) is 4.35. The van der Waals surface area contributed by atoms with E-state index in [0.717, 1.165) is 11.1 Å². The van der Waals surface area contributed by atoms with E-state index in [0.29, 0.717) is 5.82 Å². The molecule has 0 heterocycles. The highest BCUT2D eigenvalue weighted by atomic mass is 14.9. The summed E-state index contributed by atoms with van der Waals surface area (Å²) in [6.07, 6.45) is 3.28. The summed E-state index contributed by atoms with van der Waals surface area (Å²) in [6.45, 7) is 14.6. The molecule has 0 saturated heterocycles. The van der Waals surface area contributed by atoms with Crippen molar-refractivity contribution >= 4 is 12.9 Å². The summed E-state index contributed by atoms with van der Waals surface area (Å²) in [5.41, 5.74) is 7.21. The second-order valence-electron chi connectivity index (χ2n) is 2.80. The molecule has 0 saturated carbocycles. The van der Waals surface area contributed by atoms with Gasteiger partial charge in [-0.15, -0.1) is 0 Å². The van der Waals surface area contributed by atoms with E-state index >= 15 is 0 Å². The minimum absolute atomic E-state index is 0.146. The van der Waals surface area contributed by atoms with Crippen LogP contribution in [-0.2, 0) is 0 Å². The Balaban J connectivity index is 5.28. The maximum absolute atomic E-state index is 5.71. The van der Waals surface area contributed by atoms with Gasteiger partial charge in [0.2, 0.25) is 0 Å². The van der Waals surface area contributed by atoms with E-state index in [1.54, 1.807) is 19.2 Å². The summed E-state index contributed by atoms with van der Waals surface area (Å²) in [5.74, 6) is 0.504. The summed E-state index contributed by atoms with van der Waals surface area (Å²) >= 11 is 0. The average Bonchev–Trinajstić information content (AvgIpc) is 2.17. The lowest BCUT2D eigenvalue weighted by atomic mass is 10.0. The molecular formula is C11H17N3. The third-order valence-electron chi connectivity index (χ3n) is 1.74. The fourth-order valence-electron chi connectivity index (χ4n) is 0.929. The second-order valence-corrected chi connectivity index (χ2v) is 2.80. The molecule has 3 heteroatoms. The summed E-state index contributed by atoms with van der Waals surface area (Å²) in [7, 11) is 0. The zero-order chi connectivity index (χ0) is 11.1. The molecule has 0 radical (unpaired) electrons. The number of nitrogens with two attached hydrogens (primary N) is 1. The van der Waals surface area contributed by atoms with E-state index < -0.39 is 0 Å². The third kappa shape index (κ3) is 3.11. The zero-order valence-electron chi connectivity index (χ0n) is 8.83. The highest BCUT2D eigenvalue weighted by Gasteiger charge is 2.08. The smallest absolute Gasteiger partial charge is 0.158 e. The molecule has 14 heavy (non-hydrogen) atoms. The topological polar surface area (TPSA) is 50.7 Å². The number of aliphatic imine (C=N–C) groups is 2. The summed E-state index contributed by atoms with van der Waals surface area (Å²) in [5, 5.41) is 0. The Bertz CT molecular complexity index is 296. The van der Waals surface area contributed by atoms with E-state index in [9.17, 15) is 0 Å². The first-order valence-electron chi connectivity index (χ1n) is 4.35. The highest BCUT2D eigenvalue weighted by molar-refractivity contribution is 5.58. The Morgan fingerprint density at radius 2 is 2.07 bits per heavy atom. The largest absolute Gasteiger partial charge is 0.324 e. The Morgan fingerprint density at radius 3 is 2.36 bits per heavy atom. The Labute approximate surface area is 85.5 Å². The van der Waals surface area contributed by atoms with Crippen LogP contribution in [0.4, 0.5) is 0 Å². The van der Waals surface area contributed by atoms with Crippen molar-refractivity contribution in [1.29, 1.82) is 0 Å². The molecule has 76 valence electrons. The van der Waals surface area contributed by atoms with E-state index in [1.807, 2.05) is 6.92 Å². The predicted octanol–water partition coefficient (Wildman–Crippen LogP) is 2.08. The monoisotopic (exact) mass is 191 g/mol. The lowest BCUT2D eigenvalue weighted by Gasteiger charge is -2.11. The van der Waals surface area contributed by atoms with Gasteiger partial charge in [0, 0.05) is 17.8 Å². The molecule has 0 aromatic heterocycles. The molecule has 0 aromatic rings. The van der Waals surface area contributed by atoms with Crippen molar-refractivity contribution < 1.29 is 0 Å². The molecule has 0 aliphatic rings. The molecule has 0 spiro atoms. The van der Waals surface area contributed by atoms with Gasteiger partial charge in [-0.25, -0.2) is 9.98 Å². The molecule has 0 amide bonds. The van der Waals surface area contributed by atoms with Gasteiger partial charge >= 0.3 is 0 Å². The molecular weight excluding hydrogens is 174 g/mol. The van der Waals surface area contributed by atoms with Crippen LogP contribution in [0.15, 0.2) is 46.2 Å². The van der Waals surface area contributed by atoms with E-state index in [2.05, 4.69) is 29.9 Å². The van der Waals surface area contributed by atoms with E-state index in [-0.39, 0.29) is 6.04 Å². The molecule has 0 aliphatic heterocycles. The summed E-state index contributed by atoms with van der Waals surface area (Å²) in [6, 6.07) is -0.146. The number of hydrogen-bond acceptors (Lipinski definition) is 3. The van der Waals surface area contributed by atoms with Gasteiger partial charge in [0.25, 0.3) is 0 Å². The first kappa shape index (κ1) is 12.5. The molecule has 3 nitrogen and oxygen atoms in total. The fourth-order valence-corrected chi connectivity index (χ4v) is 0.929. The first-order chi connectivity index (χ1) is 6.58. The average molecular weight is 191 g/mol. The van der Waals surface area contributed by atoms with Gasteiger partial charge in [-0.3, -0.25) is 0 Å². The van der Waals surface area contributed by atoms with Crippen molar-refractivity contribution in [2.75, 3.05) is 0 Å². The van der Waals surface area contributed by atoms with E-state index in [1.165, 1.54) is 0 Å². The van der Waals surface area contributed by atoms with Crippen molar-refractivity contribution in [1.82, 2.24) is 0 Å². The maximum atomic E-state index is 5.71. The van der Waals surface area contributed by atoms with Gasteiger partial charge in [0.1, 0.15) is 0 Å². The van der Waals surface area contributed by atoms with Crippen LogP contribution in [-0.4, -0.2) is 19.0 Å². The molecule has 0 aromatic carbocycles. The van der Waals surface area contributed by atoms with Crippen molar-refractivity contribution in [3.05, 3.63) is 36.2 Å². The quantitative estimate of drug-likeness (QED) is 0.525. The minimum atomic E-state index is -0.146. The number of nitrogens with zero attached hydrogens (tertiary/aromatic N) is 2. The van der Waals surface area contributed by atoms with Gasteiger partial charge in [0.05, 0.1) is 0 Å². The SMILES string of the molecule is C=C/C(C(=C)C(C)N)=C(/N=C)N=CC. The Kier molecular flexibility index (Phi) is 5.41. The minimum Gasteiger partial charge on any atom is -0.324 e. The standard InChI is InChI=1S/C11H17N3/c1-6-10(8(3)9(4)12)11(13-5)14-7-2/h6-7,9H,1,3,5,12H2,2,4H3/b11-10+,14-7?. The van der Waals surface area contributed by atoms with Gasteiger partial charge in [0.15, 0.2) is 5.82 Å². The van der Waals surface area contributed by atoms with Gasteiger partial charge in [-0.2, -0.15) is 0 Å². The third-order valence-corrected chi connectivity index (χ3v) is 1.74. The summed E-state index contributed by atoms with van der Waals surface area (Å²) < 4.78 is 0. The van der Waals surface area contributed by atoms with Crippen LogP contribution in [0.1, 0.15) is 13.8 Å². The molecule has 0 bridgehead atoms. The Morgan fingerprint density at radius 1 is 1.50 bits per heavy atom. The Hall–Kier alpha value is -1.48. The van der Waals surface area contributed by atoms with Crippen LogP contribution in [0.2, 0.25) is 0 Å². The lowest BCUT2D eigenvalue weighted by Crippen LogP contribution is -2.18. The molecule has 0 aliphatic carbocycles. The molecule has 2 N–H and O–H groups in total. The van der Waals surface area contributed by atoms with Crippen LogP contribution >= 0.6 is 0 Å². The highest BCUT2D eigenvalue weighted by Crippen LogP contribution is 2.18. The van der Waals surface area contributed by atoms with Crippen LogP contribution in [0.3, 0.4) is 0 Å². The van der Waals surface area contributed by atoms with Crippen LogP contribution in [0.5, 0.6) is 0 Å². The van der Waals surface area contributed by atoms with Crippen molar-refractivity contribution in [2.24, 2.45) is 15.7 Å². The van der Waals surface area contributed by atoms with Crippen LogP contribution < -0.4 is 5.73 Å². The maximum Gasteiger partial charge on any atom is 0.158 e. The van der Waals surface area contributed by atoms with Gasteiger partial charge in [-0.1, -0.05) is 19.2 Å². The molecule has 1 atom stereocenters. The molecule has 0 rings (SSSR count). The van der Waals surface area contributed by atoms with E-state index in [4.69, 9.17) is 5.73 Å².